The number of carbonyl (C=O) groups excluding carboxylic acids is 1. The first-order chi connectivity index (χ1) is 13.8. The van der Waals surface area contributed by atoms with Gasteiger partial charge in [0.1, 0.15) is 6.61 Å². The van der Waals surface area contributed by atoms with Crippen LogP contribution in [0.2, 0.25) is 0 Å². The summed E-state index contributed by atoms with van der Waals surface area (Å²) in [5.74, 6) is -0.426. The molecule has 1 saturated heterocycles. The van der Waals surface area contributed by atoms with E-state index in [9.17, 15) is 18.0 Å². The molecule has 29 heavy (non-hydrogen) atoms. The Morgan fingerprint density at radius 2 is 1.93 bits per heavy atom. The largest absolute Gasteiger partial charge is 0.463 e. The third-order valence-electron chi connectivity index (χ3n) is 5.61. The summed E-state index contributed by atoms with van der Waals surface area (Å²) < 4.78 is 51.2. The lowest BCUT2D eigenvalue weighted by atomic mass is 9.76. The zero-order valence-corrected chi connectivity index (χ0v) is 15.9. The summed E-state index contributed by atoms with van der Waals surface area (Å²) in [7, 11) is 0. The number of esters is 1. The fourth-order valence-electron chi connectivity index (χ4n) is 4.26. The first kappa shape index (κ1) is 19.8. The molecule has 4 atom stereocenters. The van der Waals surface area contributed by atoms with Crippen molar-refractivity contribution in [1.82, 2.24) is 0 Å². The molecule has 0 bridgehead atoms. The van der Waals surface area contributed by atoms with Gasteiger partial charge < -0.3 is 14.8 Å². The van der Waals surface area contributed by atoms with Gasteiger partial charge in [-0.3, -0.25) is 4.79 Å². The van der Waals surface area contributed by atoms with Gasteiger partial charge in [-0.25, -0.2) is 0 Å². The van der Waals surface area contributed by atoms with Crippen molar-refractivity contribution in [3.63, 3.8) is 0 Å². The van der Waals surface area contributed by atoms with Gasteiger partial charge in [0, 0.05) is 24.1 Å². The third kappa shape index (κ3) is 4.10. The fourth-order valence-corrected chi connectivity index (χ4v) is 4.26. The van der Waals surface area contributed by atoms with Crippen LogP contribution in [0.15, 0.2) is 48.5 Å². The van der Waals surface area contributed by atoms with Crippen molar-refractivity contribution in [2.45, 2.75) is 44.2 Å². The molecule has 2 aliphatic rings. The molecule has 1 fully saturated rings. The van der Waals surface area contributed by atoms with Gasteiger partial charge >= 0.3 is 12.1 Å². The van der Waals surface area contributed by atoms with Crippen LogP contribution in [0, 0.1) is 5.92 Å². The molecule has 154 valence electrons. The van der Waals surface area contributed by atoms with E-state index in [2.05, 4.69) is 5.32 Å². The molecular formula is C22H22F3NO3. The highest BCUT2D eigenvalue weighted by molar-refractivity contribution is 5.65. The quantitative estimate of drug-likeness (QED) is 0.707. The lowest BCUT2D eigenvalue weighted by Gasteiger charge is -2.45. The third-order valence-corrected chi connectivity index (χ3v) is 5.61. The van der Waals surface area contributed by atoms with Crippen molar-refractivity contribution < 1.29 is 27.4 Å². The number of hydrogen-bond acceptors (Lipinski definition) is 4. The number of carbonyl (C=O) groups is 1. The van der Waals surface area contributed by atoms with Crippen molar-refractivity contribution in [3.8, 4) is 0 Å². The van der Waals surface area contributed by atoms with Gasteiger partial charge in [0.15, 0.2) is 0 Å². The molecule has 0 amide bonds. The summed E-state index contributed by atoms with van der Waals surface area (Å²) in [6.45, 7) is 1.43. The molecule has 0 aliphatic carbocycles. The van der Waals surface area contributed by atoms with Crippen molar-refractivity contribution in [3.05, 3.63) is 65.2 Å². The molecule has 2 heterocycles. The second-order valence-corrected chi connectivity index (χ2v) is 7.55. The second kappa shape index (κ2) is 7.71. The number of benzene rings is 2. The van der Waals surface area contributed by atoms with Gasteiger partial charge in [0.25, 0.3) is 0 Å². The van der Waals surface area contributed by atoms with Crippen molar-refractivity contribution in [1.29, 1.82) is 0 Å². The molecule has 7 heteroatoms. The van der Waals surface area contributed by atoms with Crippen LogP contribution < -0.4 is 5.32 Å². The van der Waals surface area contributed by atoms with Crippen LogP contribution in [0.5, 0.6) is 0 Å². The Labute approximate surface area is 167 Å². The van der Waals surface area contributed by atoms with E-state index in [1.807, 2.05) is 30.3 Å². The Balaban J connectivity index is 1.70. The normalized spacial score (nSPS) is 26.1. The monoisotopic (exact) mass is 405 g/mol. The number of hydrogen-bond donors (Lipinski definition) is 1. The molecule has 4 nitrogen and oxygen atoms in total. The van der Waals surface area contributed by atoms with E-state index in [1.54, 1.807) is 0 Å². The van der Waals surface area contributed by atoms with E-state index < -0.39 is 23.8 Å². The Hall–Kier alpha value is -2.54. The molecule has 0 radical (unpaired) electrons. The highest BCUT2D eigenvalue weighted by Gasteiger charge is 2.43. The van der Waals surface area contributed by atoms with Crippen LogP contribution >= 0.6 is 0 Å². The van der Waals surface area contributed by atoms with Gasteiger partial charge in [-0.2, -0.15) is 13.2 Å². The number of nitrogens with one attached hydrogen (secondary N) is 1. The summed E-state index contributed by atoms with van der Waals surface area (Å²) >= 11 is 0. The Morgan fingerprint density at radius 3 is 2.62 bits per heavy atom. The van der Waals surface area contributed by atoms with Crippen molar-refractivity contribution in [2.24, 2.45) is 5.92 Å². The van der Waals surface area contributed by atoms with Gasteiger partial charge in [-0.05, 0) is 36.6 Å². The Bertz CT molecular complexity index is 885. The second-order valence-electron chi connectivity index (χ2n) is 7.55. The minimum absolute atomic E-state index is 0.0260. The zero-order chi connectivity index (χ0) is 20.6. The molecule has 2 aromatic carbocycles. The van der Waals surface area contributed by atoms with Crippen molar-refractivity contribution in [2.75, 3.05) is 11.9 Å². The van der Waals surface area contributed by atoms with Crippen LogP contribution in [-0.4, -0.2) is 18.7 Å². The number of ether oxygens (including phenoxy) is 2. The fraction of sp³-hybridized carbons (Fsp3) is 0.409. The number of anilines is 1. The predicted molar refractivity (Wildman–Crippen MR) is 101 cm³/mol. The summed E-state index contributed by atoms with van der Waals surface area (Å²) in [5, 5.41) is 3.42. The van der Waals surface area contributed by atoms with E-state index in [4.69, 9.17) is 9.47 Å². The summed E-state index contributed by atoms with van der Waals surface area (Å²) in [5.41, 5.74) is 1.52. The summed E-state index contributed by atoms with van der Waals surface area (Å²) in [4.78, 5) is 11.1. The van der Waals surface area contributed by atoms with Crippen LogP contribution in [-0.2, 0) is 20.4 Å². The highest BCUT2D eigenvalue weighted by atomic mass is 19.4. The van der Waals surface area contributed by atoms with Crippen LogP contribution in [0.25, 0.3) is 0 Å². The maximum atomic E-state index is 13.3. The van der Waals surface area contributed by atoms with E-state index in [-0.39, 0.29) is 24.7 Å². The Morgan fingerprint density at radius 1 is 1.17 bits per heavy atom. The first-order valence-corrected chi connectivity index (χ1v) is 9.64. The summed E-state index contributed by atoms with van der Waals surface area (Å²) in [6.07, 6.45) is -3.84. The number of alkyl halides is 3. The minimum Gasteiger partial charge on any atom is -0.463 e. The topological polar surface area (TPSA) is 47.6 Å². The van der Waals surface area contributed by atoms with Gasteiger partial charge in [-0.15, -0.1) is 0 Å². The number of halogens is 3. The zero-order valence-electron chi connectivity index (χ0n) is 15.9. The molecule has 2 aromatic rings. The number of fused-ring (bicyclic) bond motifs is 3. The minimum atomic E-state index is -4.42. The molecule has 4 rings (SSSR count). The summed E-state index contributed by atoms with van der Waals surface area (Å²) in [6, 6.07) is 13.5. The van der Waals surface area contributed by atoms with Gasteiger partial charge in [0.05, 0.1) is 23.8 Å². The molecule has 1 N–H and O–H groups in total. The van der Waals surface area contributed by atoms with E-state index >= 15 is 0 Å². The van der Waals surface area contributed by atoms with Crippen LogP contribution in [0.3, 0.4) is 0 Å². The number of rotatable bonds is 3. The molecule has 0 unspecified atom stereocenters. The lowest BCUT2D eigenvalue weighted by Crippen LogP contribution is -2.40. The average Bonchev–Trinajstić information content (AvgIpc) is 2.71. The smallest absolute Gasteiger partial charge is 0.416 e. The van der Waals surface area contributed by atoms with Crippen LogP contribution in [0.4, 0.5) is 18.9 Å². The van der Waals surface area contributed by atoms with Gasteiger partial charge in [-0.1, -0.05) is 30.3 Å². The molecular weight excluding hydrogens is 383 g/mol. The standard InChI is InChI=1S/C22H22F3NO3/c1-13(27)28-12-16-8-9-17-20(14-5-3-2-4-6-14)26-19-10-7-15(22(23,24)25)11-18(19)21(17)29-16/h2-7,10-11,16-17,20-21,26H,8-9,12H2,1H3/t16-,17+,20+,21+/m0/s1. The van der Waals surface area contributed by atoms with E-state index in [0.717, 1.165) is 18.1 Å². The maximum Gasteiger partial charge on any atom is 0.416 e. The highest BCUT2D eigenvalue weighted by Crippen LogP contribution is 2.51. The van der Waals surface area contributed by atoms with Gasteiger partial charge in [0.2, 0.25) is 0 Å². The van der Waals surface area contributed by atoms with E-state index in [0.29, 0.717) is 17.7 Å². The maximum absolute atomic E-state index is 13.3. The first-order valence-electron chi connectivity index (χ1n) is 9.64. The SMILES string of the molecule is CC(=O)OC[C@@H]1CC[C@@H]2[C@@H](c3ccccc3)Nc3ccc(C(F)(F)F)cc3[C@@H]2O1. The molecule has 0 spiro atoms. The molecule has 0 saturated carbocycles. The predicted octanol–water partition coefficient (Wildman–Crippen LogP) is 5.27. The Kier molecular flexibility index (Phi) is 5.25. The average molecular weight is 405 g/mol. The molecule has 2 aliphatic heterocycles. The lowest BCUT2D eigenvalue weighted by molar-refractivity contribution is -0.155. The molecule has 0 aromatic heterocycles. The van der Waals surface area contributed by atoms with Crippen LogP contribution in [0.1, 0.15) is 48.6 Å². The van der Waals surface area contributed by atoms with E-state index in [1.165, 1.54) is 19.1 Å². The van der Waals surface area contributed by atoms with Crippen molar-refractivity contribution >= 4 is 11.7 Å².